The van der Waals surface area contributed by atoms with Crippen LogP contribution in [-0.4, -0.2) is 53.4 Å². The van der Waals surface area contributed by atoms with Crippen LogP contribution in [-0.2, 0) is 7.05 Å². The van der Waals surface area contributed by atoms with Crippen molar-refractivity contribution in [1.82, 2.24) is 9.47 Å². The molecule has 2 bridgehead atoms. The zero-order chi connectivity index (χ0) is 26.1. The second-order valence-electron chi connectivity index (χ2n) is 11.6. The Kier molecular flexibility index (Phi) is 5.99. The number of aromatic nitrogens is 1. The lowest BCUT2D eigenvalue weighted by molar-refractivity contribution is 0.000842. The van der Waals surface area contributed by atoms with Gasteiger partial charge in [0.2, 0.25) is 0 Å². The van der Waals surface area contributed by atoms with E-state index in [-0.39, 0.29) is 0 Å². The maximum atomic E-state index is 6.62. The molecule has 2 atom stereocenters. The van der Waals surface area contributed by atoms with E-state index in [9.17, 15) is 0 Å². The molecule has 5 aliphatic rings. The molecule has 1 aromatic heterocycles. The number of hydrogen-bond donors (Lipinski definition) is 0. The number of anilines is 1. The number of fused-ring (bicyclic) bond motifs is 3. The van der Waals surface area contributed by atoms with Gasteiger partial charge in [-0.3, -0.25) is 9.89 Å². The van der Waals surface area contributed by atoms with Crippen LogP contribution in [0.15, 0.2) is 65.3 Å². The number of rotatable bonds is 7. The highest BCUT2D eigenvalue weighted by Gasteiger charge is 2.45. The molecule has 6 heteroatoms. The van der Waals surface area contributed by atoms with E-state index in [1.54, 1.807) is 0 Å². The fourth-order valence-corrected chi connectivity index (χ4v) is 7.54. The molecule has 8 rings (SSSR count). The molecule has 4 nitrogen and oxygen atoms in total. The second kappa shape index (κ2) is 9.29. The first-order valence-corrected chi connectivity index (χ1v) is 14.6. The maximum Gasteiger partial charge on any atom is 0.0713 e. The number of piperidine rings is 1. The van der Waals surface area contributed by atoms with Gasteiger partial charge in [0.25, 0.3) is 0 Å². The number of nitrogens with zero attached hydrogens (tertiary/aromatic N) is 4. The average molecular weight is 546 g/mol. The Balaban J connectivity index is 1.07. The normalized spacial score (nSPS) is 23.3. The molecule has 4 fully saturated rings. The quantitative estimate of drug-likeness (QED) is 0.309. The molecule has 2 aromatic carbocycles. The molecule has 1 saturated carbocycles. The lowest BCUT2D eigenvalue weighted by Crippen LogP contribution is -2.68. The molecule has 3 saturated heterocycles. The first-order valence-electron chi connectivity index (χ1n) is 13.9. The van der Waals surface area contributed by atoms with Crippen LogP contribution in [0.5, 0.6) is 0 Å². The molecule has 0 N–H and O–H groups in total. The van der Waals surface area contributed by atoms with Crippen LogP contribution in [0.4, 0.5) is 5.69 Å². The molecule has 1 aliphatic carbocycles. The molecule has 2 unspecified atom stereocenters. The van der Waals surface area contributed by atoms with Crippen molar-refractivity contribution < 1.29 is 0 Å². The SMILES string of the molecule is C=C(C)c1cn(C)c2cc(N3CC4CC(C3)N4CCC3=C(C4CC4)CN=C3c3c(Cl)cccc3Cl)ccc12. The lowest BCUT2D eigenvalue weighted by atomic mass is 9.85. The van der Waals surface area contributed by atoms with E-state index < -0.39 is 0 Å². The van der Waals surface area contributed by atoms with Gasteiger partial charge in [-0.25, -0.2) is 0 Å². The monoisotopic (exact) mass is 544 g/mol. The number of piperazine rings is 1. The van der Waals surface area contributed by atoms with Crippen LogP contribution in [0.1, 0.15) is 43.7 Å². The predicted octanol–water partition coefficient (Wildman–Crippen LogP) is 7.38. The Morgan fingerprint density at radius 2 is 1.82 bits per heavy atom. The van der Waals surface area contributed by atoms with Crippen molar-refractivity contribution in [1.29, 1.82) is 0 Å². The number of aryl methyl sites for hydroxylation is 1. The number of halogens is 2. The smallest absolute Gasteiger partial charge is 0.0713 e. The fourth-order valence-electron chi connectivity index (χ4n) is 6.96. The van der Waals surface area contributed by atoms with Crippen LogP contribution in [0, 0.1) is 5.92 Å². The summed E-state index contributed by atoms with van der Waals surface area (Å²) in [5.74, 6) is 0.705. The largest absolute Gasteiger partial charge is 0.368 e. The standard InChI is InChI=1S/C32H34Cl2N4/c1-19(2)27-18-36(3)30-14-21(9-10-24(27)30)37-16-22-13-23(17-37)38(22)12-11-25-26(20-7-8-20)15-35-32(25)31-28(33)5-4-6-29(31)34/h4-6,9-10,14,18,20,22-23H,1,7-8,11-13,15-17H2,2-3H3. The van der Waals surface area contributed by atoms with Crippen LogP contribution in [0.25, 0.3) is 16.5 Å². The lowest BCUT2D eigenvalue weighted by Gasteiger charge is -2.57. The van der Waals surface area contributed by atoms with E-state index >= 15 is 0 Å². The van der Waals surface area contributed by atoms with E-state index in [0.717, 1.165) is 49.4 Å². The summed E-state index contributed by atoms with van der Waals surface area (Å²) in [6, 6.07) is 13.9. The molecule has 3 aromatic rings. The van der Waals surface area contributed by atoms with Gasteiger partial charge < -0.3 is 9.47 Å². The molecule has 38 heavy (non-hydrogen) atoms. The van der Waals surface area contributed by atoms with Gasteiger partial charge in [-0.1, -0.05) is 41.9 Å². The second-order valence-corrected chi connectivity index (χ2v) is 12.4. The minimum atomic E-state index is 0.611. The van der Waals surface area contributed by atoms with Gasteiger partial charge in [0, 0.05) is 67.2 Å². The number of hydrogen-bond acceptors (Lipinski definition) is 3. The number of benzene rings is 2. The fraction of sp³-hybridized carbons (Fsp3) is 0.406. The van der Waals surface area contributed by atoms with Crippen molar-refractivity contribution in [3.8, 4) is 0 Å². The van der Waals surface area contributed by atoms with Crippen LogP contribution in [0.3, 0.4) is 0 Å². The zero-order valence-electron chi connectivity index (χ0n) is 22.2. The van der Waals surface area contributed by atoms with Gasteiger partial charge in [-0.05, 0) is 79.5 Å². The molecular weight excluding hydrogens is 511 g/mol. The summed E-state index contributed by atoms with van der Waals surface area (Å²) < 4.78 is 2.23. The van der Waals surface area contributed by atoms with Crippen molar-refractivity contribution in [2.24, 2.45) is 18.0 Å². The Morgan fingerprint density at radius 1 is 1.08 bits per heavy atom. The first kappa shape index (κ1) is 24.5. The Bertz CT molecular complexity index is 1490. The van der Waals surface area contributed by atoms with Gasteiger partial charge in [0.15, 0.2) is 0 Å². The summed E-state index contributed by atoms with van der Waals surface area (Å²) in [5, 5.41) is 2.69. The predicted molar refractivity (Wildman–Crippen MR) is 161 cm³/mol. The molecule has 0 spiro atoms. The Hall–Kier alpha value is -2.53. The summed E-state index contributed by atoms with van der Waals surface area (Å²) in [5.41, 5.74) is 9.88. The molecular formula is C32H34Cl2N4. The first-order chi connectivity index (χ1) is 18.4. The summed E-state index contributed by atoms with van der Waals surface area (Å²) in [4.78, 5) is 10.3. The highest BCUT2D eigenvalue weighted by molar-refractivity contribution is 6.41. The third kappa shape index (κ3) is 4.04. The van der Waals surface area contributed by atoms with E-state index in [2.05, 4.69) is 59.3 Å². The van der Waals surface area contributed by atoms with E-state index in [1.807, 2.05) is 18.2 Å². The minimum absolute atomic E-state index is 0.611. The number of aliphatic imine (C=N–C) groups is 1. The van der Waals surface area contributed by atoms with Crippen molar-refractivity contribution >= 4 is 51.1 Å². The summed E-state index contributed by atoms with van der Waals surface area (Å²) in [7, 11) is 2.13. The van der Waals surface area contributed by atoms with Crippen LogP contribution < -0.4 is 4.90 Å². The van der Waals surface area contributed by atoms with Crippen molar-refractivity contribution in [2.75, 3.05) is 31.1 Å². The molecule has 196 valence electrons. The zero-order valence-corrected chi connectivity index (χ0v) is 23.7. The highest BCUT2D eigenvalue weighted by atomic mass is 35.5. The van der Waals surface area contributed by atoms with E-state index in [1.165, 1.54) is 52.6 Å². The van der Waals surface area contributed by atoms with Crippen LogP contribution in [0.2, 0.25) is 10.0 Å². The maximum absolute atomic E-state index is 6.62. The topological polar surface area (TPSA) is 23.8 Å². The third-order valence-corrected chi connectivity index (χ3v) is 9.74. The summed E-state index contributed by atoms with van der Waals surface area (Å²) >= 11 is 13.2. The molecule has 0 amide bonds. The van der Waals surface area contributed by atoms with Crippen molar-refractivity contribution in [2.45, 2.75) is 44.7 Å². The van der Waals surface area contributed by atoms with E-state index in [4.69, 9.17) is 28.2 Å². The van der Waals surface area contributed by atoms with Gasteiger partial charge in [0.1, 0.15) is 0 Å². The Labute approximate surface area is 235 Å². The average Bonchev–Trinajstić information content (AvgIpc) is 3.58. The van der Waals surface area contributed by atoms with Crippen LogP contribution >= 0.6 is 23.2 Å². The molecule has 0 radical (unpaired) electrons. The van der Waals surface area contributed by atoms with Crippen molar-refractivity contribution in [3.63, 3.8) is 0 Å². The van der Waals surface area contributed by atoms with Gasteiger partial charge in [-0.2, -0.15) is 0 Å². The third-order valence-electron chi connectivity index (χ3n) is 9.11. The minimum Gasteiger partial charge on any atom is -0.368 e. The highest BCUT2D eigenvalue weighted by Crippen LogP contribution is 2.44. The molecule has 4 aliphatic heterocycles. The summed E-state index contributed by atoms with van der Waals surface area (Å²) in [6.45, 7) is 10.3. The van der Waals surface area contributed by atoms with Gasteiger partial charge >= 0.3 is 0 Å². The number of allylic oxidation sites excluding steroid dienone is 1. The van der Waals surface area contributed by atoms with Crippen molar-refractivity contribution in [3.05, 3.63) is 81.5 Å². The van der Waals surface area contributed by atoms with E-state index in [0.29, 0.717) is 28.0 Å². The Morgan fingerprint density at radius 3 is 2.50 bits per heavy atom. The van der Waals surface area contributed by atoms with Gasteiger partial charge in [-0.15, -0.1) is 0 Å². The molecule has 5 heterocycles. The van der Waals surface area contributed by atoms with Gasteiger partial charge in [0.05, 0.1) is 27.8 Å². The summed E-state index contributed by atoms with van der Waals surface area (Å²) in [6.07, 6.45) is 7.11.